The fraction of sp³-hybridized carbons (Fsp3) is 0.316. The zero-order valence-electron chi connectivity index (χ0n) is 17.3. The number of nitrogens with one attached hydrogen (secondary N) is 2. The molecule has 5 rings (SSSR count). The number of benzene rings is 1. The lowest BCUT2D eigenvalue weighted by Crippen LogP contribution is -2.38. The Morgan fingerprint density at radius 1 is 1.21 bits per heavy atom. The van der Waals surface area contributed by atoms with Crippen LogP contribution in [0.25, 0.3) is 11.2 Å². The summed E-state index contributed by atoms with van der Waals surface area (Å²) in [5.74, 6) is -1.44. The first-order valence-corrected chi connectivity index (χ1v) is 11.5. The lowest BCUT2D eigenvalue weighted by atomic mass is 10.1. The molecule has 1 aromatic carbocycles. The van der Waals surface area contributed by atoms with E-state index in [1.54, 1.807) is 4.72 Å². The number of nitrogens with zero attached hydrogens (tertiary/aromatic N) is 3. The Morgan fingerprint density at radius 2 is 2.00 bits per heavy atom. The number of aliphatic hydroxyl groups excluding tert-OH is 2. The molecule has 1 amide bonds. The molecule has 2 aromatic heterocycles. The predicted molar refractivity (Wildman–Crippen MR) is 116 cm³/mol. The highest BCUT2D eigenvalue weighted by Crippen LogP contribution is 2.36. The number of anilines is 2. The lowest BCUT2D eigenvalue weighted by Gasteiger charge is -2.20. The van der Waals surface area contributed by atoms with Crippen molar-refractivity contribution in [2.45, 2.75) is 31.1 Å². The van der Waals surface area contributed by atoms with Crippen molar-refractivity contribution in [3.05, 3.63) is 41.6 Å². The number of hydrogen-bond acceptors (Lipinski definition) is 12. The molecule has 3 aromatic rings. The molecule has 4 heterocycles. The molecule has 1 saturated heterocycles. The van der Waals surface area contributed by atoms with Gasteiger partial charge in [-0.15, -0.1) is 0 Å². The summed E-state index contributed by atoms with van der Waals surface area (Å²) in [6.07, 6.45) is -4.11. The van der Waals surface area contributed by atoms with Crippen LogP contribution in [0.2, 0.25) is 0 Å². The molecule has 4 atom stereocenters. The molecule has 0 saturated carbocycles. The maximum atomic E-state index is 12.7. The number of aromatic nitrogens is 3. The van der Waals surface area contributed by atoms with Crippen LogP contribution >= 0.6 is 0 Å². The average molecular weight is 492 g/mol. The molecule has 2 bridgehead atoms. The summed E-state index contributed by atoms with van der Waals surface area (Å²) in [7, 11) is -4.65. The number of fused-ring (bicyclic) bond motifs is 7. The van der Waals surface area contributed by atoms with Gasteiger partial charge in [0.25, 0.3) is 5.91 Å². The van der Waals surface area contributed by atoms with Crippen LogP contribution in [0, 0.1) is 0 Å². The van der Waals surface area contributed by atoms with Crippen LogP contribution in [0.3, 0.4) is 0 Å². The number of amides is 1. The number of ether oxygens (including phenoxy) is 1. The van der Waals surface area contributed by atoms with Crippen molar-refractivity contribution in [3.8, 4) is 5.75 Å². The Labute approximate surface area is 192 Å². The molecule has 1 fully saturated rings. The molecule has 34 heavy (non-hydrogen) atoms. The summed E-state index contributed by atoms with van der Waals surface area (Å²) in [5.41, 5.74) is 6.78. The maximum Gasteiger partial charge on any atom is 0.362 e. The van der Waals surface area contributed by atoms with Crippen molar-refractivity contribution in [1.29, 1.82) is 0 Å². The van der Waals surface area contributed by atoms with E-state index >= 15 is 0 Å². The highest BCUT2D eigenvalue weighted by Gasteiger charge is 2.46. The van der Waals surface area contributed by atoms with Crippen LogP contribution in [0.1, 0.15) is 22.1 Å². The van der Waals surface area contributed by atoms with E-state index in [0.717, 1.165) is 0 Å². The summed E-state index contributed by atoms with van der Waals surface area (Å²) < 4.78 is 38.3. The third-order valence-electron chi connectivity index (χ3n) is 5.60. The molecule has 0 radical (unpaired) electrons. The second kappa shape index (κ2) is 8.07. The maximum absolute atomic E-state index is 12.7. The standard InChI is InChI=1S/C19H20N6O8S/c20-9-4-5-21-16-13(9)23-19-22-6-8-2-1-3-10(26)12(8)17(29)24-34(30,31)32-7-11-14(27)15(28)18(33-11)25(16)19/h1-5,11,14-15,18,26-28H,6-7H2,(H2,20,21)(H,22,23)(H,24,29)/t11-,14-,15-,18-/m1/s1. The van der Waals surface area contributed by atoms with Crippen LogP contribution in [0.15, 0.2) is 30.5 Å². The fourth-order valence-electron chi connectivity index (χ4n) is 3.98. The summed E-state index contributed by atoms with van der Waals surface area (Å²) in [5, 5.41) is 34.4. The monoisotopic (exact) mass is 492 g/mol. The van der Waals surface area contributed by atoms with Crippen molar-refractivity contribution < 1.29 is 37.5 Å². The number of hydrogen-bond donors (Lipinski definition) is 6. The van der Waals surface area contributed by atoms with Crippen LogP contribution in [0.5, 0.6) is 5.75 Å². The second-order valence-electron chi connectivity index (χ2n) is 7.76. The van der Waals surface area contributed by atoms with E-state index in [2.05, 4.69) is 15.3 Å². The van der Waals surface area contributed by atoms with E-state index in [9.17, 15) is 28.5 Å². The summed E-state index contributed by atoms with van der Waals surface area (Å²) >= 11 is 0. The fourth-order valence-corrected chi connectivity index (χ4v) is 4.68. The zero-order valence-corrected chi connectivity index (χ0v) is 18.1. The van der Waals surface area contributed by atoms with Gasteiger partial charge >= 0.3 is 10.3 Å². The molecule has 0 unspecified atom stereocenters. The van der Waals surface area contributed by atoms with Crippen molar-refractivity contribution in [2.24, 2.45) is 0 Å². The molecule has 2 aliphatic heterocycles. The molecule has 0 spiro atoms. The van der Waals surface area contributed by atoms with Gasteiger partial charge in [-0.1, -0.05) is 12.1 Å². The van der Waals surface area contributed by atoms with Gasteiger partial charge in [0.1, 0.15) is 29.6 Å². The van der Waals surface area contributed by atoms with Gasteiger partial charge in [0.2, 0.25) is 5.95 Å². The van der Waals surface area contributed by atoms with Crippen LogP contribution in [-0.2, 0) is 25.8 Å². The zero-order chi connectivity index (χ0) is 24.2. The quantitative estimate of drug-likeness (QED) is 0.222. The first-order valence-electron chi connectivity index (χ1n) is 10.1. The first-order chi connectivity index (χ1) is 16.2. The van der Waals surface area contributed by atoms with Gasteiger partial charge in [-0.25, -0.2) is 14.7 Å². The van der Waals surface area contributed by atoms with Crippen molar-refractivity contribution in [1.82, 2.24) is 19.3 Å². The number of aliphatic hydroxyl groups is 2. The second-order valence-corrected chi connectivity index (χ2v) is 9.11. The molecule has 0 aliphatic carbocycles. The highest BCUT2D eigenvalue weighted by molar-refractivity contribution is 7.85. The number of imidazole rings is 1. The van der Waals surface area contributed by atoms with Gasteiger partial charge in [0.15, 0.2) is 11.9 Å². The number of nitrogen functional groups attached to an aromatic ring is 1. The van der Waals surface area contributed by atoms with E-state index in [0.29, 0.717) is 5.69 Å². The lowest BCUT2D eigenvalue weighted by molar-refractivity contribution is -0.0458. The molecular formula is C19H20N6O8S. The van der Waals surface area contributed by atoms with Gasteiger partial charge in [-0.2, -0.15) is 8.42 Å². The minimum Gasteiger partial charge on any atom is -0.507 e. The molecule has 15 heteroatoms. The van der Waals surface area contributed by atoms with Crippen LogP contribution in [-0.4, -0.2) is 69.1 Å². The van der Waals surface area contributed by atoms with Crippen LogP contribution in [0.4, 0.5) is 11.6 Å². The third kappa shape index (κ3) is 3.68. The molecule has 7 N–H and O–H groups in total. The Balaban J connectivity index is 1.67. The number of nitrogens with two attached hydrogens (primary N) is 1. The number of rotatable bonds is 0. The summed E-state index contributed by atoms with van der Waals surface area (Å²) in [6, 6.07) is 5.74. The Hall–Kier alpha value is -3.50. The minimum absolute atomic E-state index is 0.101. The van der Waals surface area contributed by atoms with E-state index in [4.69, 9.17) is 14.7 Å². The number of carbonyl (C=O) groups is 1. The Morgan fingerprint density at radius 3 is 2.79 bits per heavy atom. The minimum atomic E-state index is -4.65. The van der Waals surface area contributed by atoms with E-state index < -0.39 is 53.1 Å². The van der Waals surface area contributed by atoms with E-state index in [-0.39, 0.29) is 34.8 Å². The van der Waals surface area contributed by atoms with Crippen molar-refractivity contribution in [3.63, 3.8) is 0 Å². The Kier molecular flexibility index (Phi) is 5.29. The predicted octanol–water partition coefficient (Wildman–Crippen LogP) is -1.04. The normalized spacial score (nSPS) is 26.7. The van der Waals surface area contributed by atoms with Crippen LogP contribution < -0.4 is 15.8 Å². The van der Waals surface area contributed by atoms with E-state index in [1.807, 2.05) is 0 Å². The summed E-state index contributed by atoms with van der Waals surface area (Å²) in [4.78, 5) is 21.4. The third-order valence-corrected chi connectivity index (χ3v) is 6.48. The van der Waals surface area contributed by atoms with Gasteiger partial charge in [0.05, 0.1) is 17.9 Å². The number of phenolic OH excluding ortho intramolecular Hbond substituents is 1. The van der Waals surface area contributed by atoms with E-state index in [1.165, 1.54) is 35.0 Å². The number of aromatic hydroxyl groups is 1. The largest absolute Gasteiger partial charge is 0.507 e. The molecule has 180 valence electrons. The molecule has 2 aliphatic rings. The van der Waals surface area contributed by atoms with Gasteiger partial charge in [0, 0.05) is 12.7 Å². The molecular weight excluding hydrogens is 472 g/mol. The Bertz CT molecular complexity index is 1390. The summed E-state index contributed by atoms with van der Waals surface area (Å²) in [6.45, 7) is -0.813. The van der Waals surface area contributed by atoms with Crippen molar-refractivity contribution in [2.75, 3.05) is 17.7 Å². The average Bonchev–Trinajstić information content (AvgIpc) is 3.28. The topological polar surface area (TPSA) is 211 Å². The number of carbonyl (C=O) groups excluding carboxylic acids is 1. The van der Waals surface area contributed by atoms with Crippen molar-refractivity contribution >= 4 is 39.0 Å². The number of pyridine rings is 1. The van der Waals surface area contributed by atoms with Gasteiger partial charge in [-0.3, -0.25) is 13.5 Å². The first kappa shape index (κ1) is 22.3. The SMILES string of the molecule is Nc1ccnc2c1nc1n2[C@@H]2O[C@H](COS(=O)(=O)NC(=O)c3c(O)cccc3CN1)[C@@H](O)[C@H]2O. The number of phenols is 1. The molecule has 14 nitrogen and oxygen atoms in total. The van der Waals surface area contributed by atoms with Gasteiger partial charge in [-0.05, 0) is 17.7 Å². The smallest absolute Gasteiger partial charge is 0.362 e. The van der Waals surface area contributed by atoms with Gasteiger partial charge < -0.3 is 31.1 Å². The highest BCUT2D eigenvalue weighted by atomic mass is 32.2.